The van der Waals surface area contributed by atoms with Gasteiger partial charge in [-0.2, -0.15) is 0 Å². The van der Waals surface area contributed by atoms with Gasteiger partial charge in [0.1, 0.15) is 5.82 Å². The van der Waals surface area contributed by atoms with Gasteiger partial charge in [0, 0.05) is 25.2 Å². The van der Waals surface area contributed by atoms with Crippen LogP contribution in [0.2, 0.25) is 0 Å². The van der Waals surface area contributed by atoms with E-state index >= 15 is 0 Å². The van der Waals surface area contributed by atoms with Crippen molar-refractivity contribution in [2.45, 2.75) is 12.2 Å². The summed E-state index contributed by atoms with van der Waals surface area (Å²) in [5, 5.41) is 29.3. The summed E-state index contributed by atoms with van der Waals surface area (Å²) in [5.41, 5.74) is -0.847. The number of carbonyl (C=O) groups is 1. The lowest BCUT2D eigenvalue weighted by Gasteiger charge is -2.15. The summed E-state index contributed by atoms with van der Waals surface area (Å²) in [6.07, 6.45) is -2.18. The molecule has 1 aliphatic rings. The van der Waals surface area contributed by atoms with Gasteiger partial charge in [0.15, 0.2) is 0 Å². The molecule has 0 aliphatic carbocycles. The molecule has 102 valence electrons. The Balaban J connectivity index is 2.29. The number of benzene rings is 1. The van der Waals surface area contributed by atoms with Crippen molar-refractivity contribution in [2.24, 2.45) is 0 Å². The second kappa shape index (κ2) is 4.90. The number of aliphatic hydroxyl groups is 2. The van der Waals surface area contributed by atoms with Gasteiger partial charge >= 0.3 is 0 Å². The zero-order valence-corrected chi connectivity index (χ0v) is 9.69. The molecule has 0 spiro atoms. The number of hydrogen-bond acceptors (Lipinski definition) is 5. The van der Waals surface area contributed by atoms with Crippen molar-refractivity contribution in [3.63, 3.8) is 0 Å². The maximum absolute atomic E-state index is 13.5. The van der Waals surface area contributed by atoms with Gasteiger partial charge in [0.2, 0.25) is 0 Å². The minimum atomic E-state index is -1.09. The lowest BCUT2D eigenvalue weighted by atomic mass is 10.1. The highest BCUT2D eigenvalue weighted by Crippen LogP contribution is 2.20. The molecule has 2 rings (SSSR count). The molecular formula is C11H11FN2O5. The third kappa shape index (κ3) is 2.54. The van der Waals surface area contributed by atoms with Crippen LogP contribution in [0.3, 0.4) is 0 Å². The Kier molecular flexibility index (Phi) is 3.45. The smallest absolute Gasteiger partial charge is 0.270 e. The second-order valence-electron chi connectivity index (χ2n) is 4.27. The van der Waals surface area contributed by atoms with E-state index in [1.807, 2.05) is 0 Å². The van der Waals surface area contributed by atoms with Gasteiger partial charge in [-0.15, -0.1) is 0 Å². The number of rotatable bonds is 2. The first-order chi connectivity index (χ1) is 8.90. The van der Waals surface area contributed by atoms with E-state index in [-0.39, 0.29) is 13.1 Å². The molecule has 8 heteroatoms. The highest BCUT2D eigenvalue weighted by molar-refractivity contribution is 5.95. The van der Waals surface area contributed by atoms with Crippen molar-refractivity contribution < 1.29 is 24.3 Å². The number of nitro groups is 1. The Morgan fingerprint density at radius 2 is 1.95 bits per heavy atom. The molecule has 1 amide bonds. The fraction of sp³-hybridized carbons (Fsp3) is 0.364. The molecule has 7 nitrogen and oxygen atoms in total. The standard InChI is InChI=1S/C11H11FN2O5/c12-8-2-1-6(14(18)19)3-7(8)11(17)13-4-9(15)10(16)5-13/h1-3,9-10,15-16H,4-5H2. The van der Waals surface area contributed by atoms with Crippen molar-refractivity contribution in [1.82, 2.24) is 4.90 Å². The fourth-order valence-corrected chi connectivity index (χ4v) is 1.90. The molecule has 0 saturated carbocycles. The maximum atomic E-state index is 13.5. The Hall–Kier alpha value is -2.06. The SMILES string of the molecule is O=C(c1cc([N+](=O)[O-])ccc1F)N1CC(O)C(O)C1. The molecule has 19 heavy (non-hydrogen) atoms. The number of hydrogen-bond donors (Lipinski definition) is 2. The third-order valence-electron chi connectivity index (χ3n) is 2.94. The van der Waals surface area contributed by atoms with E-state index in [0.717, 1.165) is 23.1 Å². The zero-order chi connectivity index (χ0) is 14.2. The average molecular weight is 270 g/mol. The van der Waals surface area contributed by atoms with Gasteiger partial charge in [-0.05, 0) is 6.07 Å². The Labute approximate surface area is 107 Å². The summed E-state index contributed by atoms with van der Waals surface area (Å²) in [7, 11) is 0. The Morgan fingerprint density at radius 3 is 2.47 bits per heavy atom. The molecular weight excluding hydrogens is 259 g/mol. The van der Waals surface area contributed by atoms with Crippen molar-refractivity contribution in [3.05, 3.63) is 39.7 Å². The molecule has 0 radical (unpaired) electrons. The Morgan fingerprint density at radius 1 is 1.37 bits per heavy atom. The van der Waals surface area contributed by atoms with Crippen LogP contribution < -0.4 is 0 Å². The van der Waals surface area contributed by atoms with Gasteiger partial charge in [0.05, 0.1) is 22.7 Å². The van der Waals surface area contributed by atoms with E-state index in [1.54, 1.807) is 0 Å². The normalized spacial score (nSPS) is 22.6. The van der Waals surface area contributed by atoms with Crippen LogP contribution in [0.15, 0.2) is 18.2 Å². The molecule has 1 aromatic rings. The number of nitro benzene ring substituents is 1. The number of β-amino-alcohol motifs (C(OH)–C–C–N with tert-alkyl or cyclic N) is 2. The van der Waals surface area contributed by atoms with Crippen molar-refractivity contribution >= 4 is 11.6 Å². The topological polar surface area (TPSA) is 104 Å². The number of aliphatic hydroxyl groups excluding tert-OH is 2. The molecule has 1 heterocycles. The highest BCUT2D eigenvalue weighted by atomic mass is 19.1. The number of amides is 1. The Bertz CT molecular complexity index is 526. The summed E-state index contributed by atoms with van der Waals surface area (Å²) in [6, 6.07) is 2.64. The molecule has 1 fully saturated rings. The highest BCUT2D eigenvalue weighted by Gasteiger charge is 2.34. The first kappa shape index (κ1) is 13.4. The first-order valence-corrected chi connectivity index (χ1v) is 5.49. The second-order valence-corrected chi connectivity index (χ2v) is 4.27. The zero-order valence-electron chi connectivity index (χ0n) is 9.69. The van der Waals surface area contributed by atoms with Crippen LogP contribution >= 0.6 is 0 Å². The fourth-order valence-electron chi connectivity index (χ4n) is 1.90. The van der Waals surface area contributed by atoms with Gasteiger partial charge < -0.3 is 15.1 Å². The van der Waals surface area contributed by atoms with Crippen LogP contribution in [0.25, 0.3) is 0 Å². The molecule has 2 N–H and O–H groups in total. The number of carbonyl (C=O) groups excluding carboxylic acids is 1. The predicted molar refractivity (Wildman–Crippen MR) is 61.0 cm³/mol. The molecule has 2 unspecified atom stereocenters. The van der Waals surface area contributed by atoms with E-state index < -0.39 is 40.1 Å². The van der Waals surface area contributed by atoms with E-state index in [1.165, 1.54) is 0 Å². The number of likely N-dealkylation sites (tertiary alicyclic amines) is 1. The van der Waals surface area contributed by atoms with E-state index in [9.17, 15) is 29.5 Å². The maximum Gasteiger partial charge on any atom is 0.270 e. The summed E-state index contributed by atoms with van der Waals surface area (Å²) >= 11 is 0. The quantitative estimate of drug-likeness (QED) is 0.577. The van der Waals surface area contributed by atoms with Crippen LogP contribution in [0.5, 0.6) is 0 Å². The lowest BCUT2D eigenvalue weighted by molar-refractivity contribution is -0.384. The minimum absolute atomic E-state index is 0.137. The summed E-state index contributed by atoms with van der Waals surface area (Å²) in [4.78, 5) is 22.9. The van der Waals surface area contributed by atoms with Crippen LogP contribution in [0, 0.1) is 15.9 Å². The monoisotopic (exact) mass is 270 g/mol. The number of halogens is 1. The van der Waals surface area contributed by atoms with Gasteiger partial charge in [-0.25, -0.2) is 4.39 Å². The van der Waals surface area contributed by atoms with Crippen molar-refractivity contribution in [1.29, 1.82) is 0 Å². The molecule has 0 bridgehead atoms. The van der Waals surface area contributed by atoms with E-state index in [0.29, 0.717) is 0 Å². The predicted octanol–water partition coefficient (Wildman–Crippen LogP) is -0.0885. The van der Waals surface area contributed by atoms with Crippen molar-refractivity contribution in [3.8, 4) is 0 Å². The van der Waals surface area contributed by atoms with Crippen LogP contribution in [-0.2, 0) is 0 Å². The van der Waals surface area contributed by atoms with Crippen molar-refractivity contribution in [2.75, 3.05) is 13.1 Å². The number of non-ortho nitro benzene ring substituents is 1. The molecule has 2 atom stereocenters. The first-order valence-electron chi connectivity index (χ1n) is 5.49. The summed E-state index contributed by atoms with van der Waals surface area (Å²) in [5.74, 6) is -1.68. The molecule has 1 aliphatic heterocycles. The minimum Gasteiger partial charge on any atom is -0.388 e. The largest absolute Gasteiger partial charge is 0.388 e. The van der Waals surface area contributed by atoms with Gasteiger partial charge in [-0.3, -0.25) is 14.9 Å². The molecule has 1 aromatic carbocycles. The van der Waals surface area contributed by atoms with Crippen LogP contribution in [0.1, 0.15) is 10.4 Å². The average Bonchev–Trinajstić information content (AvgIpc) is 2.69. The summed E-state index contributed by atoms with van der Waals surface area (Å²) in [6.45, 7) is -0.274. The van der Waals surface area contributed by atoms with Crippen LogP contribution in [-0.4, -0.2) is 51.2 Å². The van der Waals surface area contributed by atoms with Gasteiger partial charge in [-0.1, -0.05) is 0 Å². The molecule has 1 saturated heterocycles. The van der Waals surface area contributed by atoms with Gasteiger partial charge in [0.25, 0.3) is 11.6 Å². The third-order valence-corrected chi connectivity index (χ3v) is 2.94. The summed E-state index contributed by atoms with van der Waals surface area (Å²) < 4.78 is 13.5. The van der Waals surface area contributed by atoms with E-state index in [4.69, 9.17) is 0 Å². The van der Waals surface area contributed by atoms with Crippen LogP contribution in [0.4, 0.5) is 10.1 Å². The number of nitrogens with zero attached hydrogens (tertiary/aromatic N) is 2. The molecule has 0 aromatic heterocycles. The van der Waals surface area contributed by atoms with E-state index in [2.05, 4.69) is 0 Å². The lowest BCUT2D eigenvalue weighted by Crippen LogP contribution is -2.30.